The second-order valence-corrected chi connectivity index (χ2v) is 14.3. The molecular weight excluding hydrogens is 645 g/mol. The molecule has 2 heterocycles. The van der Waals surface area contributed by atoms with Crippen LogP contribution in [-0.2, 0) is 28.4 Å². The van der Waals surface area contributed by atoms with Gasteiger partial charge in [-0.1, -0.05) is 80.6 Å². The molecule has 3 aliphatic rings. The van der Waals surface area contributed by atoms with Crippen LogP contribution in [0, 0.1) is 5.92 Å². The normalized spacial score (nSPS) is 19.3. The summed E-state index contributed by atoms with van der Waals surface area (Å²) >= 11 is 0. The van der Waals surface area contributed by atoms with Gasteiger partial charge in [0, 0.05) is 40.7 Å². The quantitative estimate of drug-likeness (QED) is 0.162. The van der Waals surface area contributed by atoms with E-state index in [1.807, 2.05) is 36.4 Å². The summed E-state index contributed by atoms with van der Waals surface area (Å²) in [6.07, 6.45) is 5.59. The molecule has 5 aromatic rings. The zero-order chi connectivity index (χ0) is 35.4. The fourth-order valence-corrected chi connectivity index (χ4v) is 8.97. The molecule has 262 valence electrons. The van der Waals surface area contributed by atoms with Crippen LogP contribution >= 0.6 is 0 Å². The van der Waals surface area contributed by atoms with Gasteiger partial charge >= 0.3 is 6.18 Å². The van der Waals surface area contributed by atoms with E-state index < -0.39 is 22.8 Å². The summed E-state index contributed by atoms with van der Waals surface area (Å²) in [6.45, 7) is 5.88. The highest BCUT2D eigenvalue weighted by atomic mass is 19.4. The van der Waals surface area contributed by atoms with Crippen molar-refractivity contribution in [3.63, 3.8) is 0 Å². The van der Waals surface area contributed by atoms with Crippen molar-refractivity contribution in [1.29, 1.82) is 0 Å². The van der Waals surface area contributed by atoms with Gasteiger partial charge in [-0.25, -0.2) is 0 Å². The van der Waals surface area contributed by atoms with E-state index in [1.54, 1.807) is 13.2 Å². The maximum absolute atomic E-state index is 14.2. The van der Waals surface area contributed by atoms with Crippen molar-refractivity contribution < 1.29 is 27.4 Å². The summed E-state index contributed by atoms with van der Waals surface area (Å²) in [4.78, 5) is 0. The maximum Gasteiger partial charge on any atom is 0.416 e. The molecule has 51 heavy (non-hydrogen) atoms. The molecule has 1 atom stereocenters. The van der Waals surface area contributed by atoms with Gasteiger partial charge in [-0.05, 0) is 114 Å². The molecule has 5 aromatic carbocycles. The molecule has 0 amide bonds. The van der Waals surface area contributed by atoms with Crippen molar-refractivity contribution >= 4 is 16.8 Å². The lowest BCUT2D eigenvalue weighted by atomic mass is 9.70. The van der Waals surface area contributed by atoms with Gasteiger partial charge in [0.2, 0.25) is 0 Å². The minimum absolute atomic E-state index is 0.619. The Morgan fingerprint density at radius 2 is 1.55 bits per heavy atom. The van der Waals surface area contributed by atoms with Gasteiger partial charge in [-0.15, -0.1) is 0 Å². The molecular formula is C45H43F3O3. The highest BCUT2D eigenvalue weighted by Gasteiger charge is 2.48. The average molecular weight is 689 g/mol. The predicted molar refractivity (Wildman–Crippen MR) is 197 cm³/mol. The first-order chi connectivity index (χ1) is 24.7. The summed E-state index contributed by atoms with van der Waals surface area (Å²) < 4.78 is 61.2. The number of ether oxygens (including phenoxy) is 3. The number of halogens is 3. The van der Waals surface area contributed by atoms with Gasteiger partial charge in [-0.2, -0.15) is 13.2 Å². The van der Waals surface area contributed by atoms with Crippen LogP contribution in [0.25, 0.3) is 28.0 Å². The van der Waals surface area contributed by atoms with Crippen LogP contribution in [-0.4, -0.2) is 20.3 Å². The zero-order valence-corrected chi connectivity index (χ0v) is 29.4. The number of methoxy groups -OCH3 is 1. The number of hydrogen-bond acceptors (Lipinski definition) is 3. The molecule has 0 spiro atoms. The Labute approximate surface area is 298 Å². The van der Waals surface area contributed by atoms with Crippen molar-refractivity contribution in [3.8, 4) is 22.6 Å². The standard InChI is InChI=1S/C45H43F3O3/c1-4-43(5-2)39-27-33(45(46,47)48)17-19-36(39)40-35-20-18-34(49-3)28-38(35)42-37(41(40)43)21-24-44(51-42,31-9-7-6-8-10-31)32-15-13-29(14-16-32)11-12-30-22-25-50-26-23-30/h6-10,13-21,24,27-28,30H,4-5,11-12,22-23,25-26H2,1-3H3. The van der Waals surface area contributed by atoms with E-state index in [4.69, 9.17) is 14.2 Å². The third kappa shape index (κ3) is 5.45. The summed E-state index contributed by atoms with van der Waals surface area (Å²) in [5.41, 5.74) is 5.63. The van der Waals surface area contributed by atoms with E-state index in [0.29, 0.717) is 30.3 Å². The molecule has 0 aromatic heterocycles. The van der Waals surface area contributed by atoms with E-state index in [-0.39, 0.29) is 0 Å². The largest absolute Gasteiger partial charge is 0.497 e. The van der Waals surface area contributed by atoms with Gasteiger partial charge < -0.3 is 14.2 Å². The van der Waals surface area contributed by atoms with Gasteiger partial charge in [0.25, 0.3) is 0 Å². The topological polar surface area (TPSA) is 27.7 Å². The summed E-state index contributed by atoms with van der Waals surface area (Å²) in [5.74, 6) is 2.10. The Bertz CT molecular complexity index is 2110. The molecule has 1 aliphatic carbocycles. The summed E-state index contributed by atoms with van der Waals surface area (Å²) in [7, 11) is 1.65. The first-order valence-electron chi connectivity index (χ1n) is 18.2. The Kier molecular flexibility index (Phi) is 8.49. The average Bonchev–Trinajstić information content (AvgIpc) is 3.47. The lowest BCUT2D eigenvalue weighted by Crippen LogP contribution is -2.35. The minimum Gasteiger partial charge on any atom is -0.497 e. The van der Waals surface area contributed by atoms with Gasteiger partial charge in [0.1, 0.15) is 11.5 Å². The number of aryl methyl sites for hydroxylation is 1. The molecule has 6 heteroatoms. The van der Waals surface area contributed by atoms with Gasteiger partial charge in [0.15, 0.2) is 5.60 Å². The molecule has 0 radical (unpaired) electrons. The Balaban J connectivity index is 1.32. The smallest absolute Gasteiger partial charge is 0.416 e. The first kappa shape index (κ1) is 33.6. The van der Waals surface area contributed by atoms with E-state index >= 15 is 0 Å². The number of hydrogen-bond donors (Lipinski definition) is 0. The third-order valence-corrected chi connectivity index (χ3v) is 11.8. The number of alkyl halides is 3. The number of fused-ring (bicyclic) bond motifs is 8. The molecule has 0 bridgehead atoms. The lowest BCUT2D eigenvalue weighted by Gasteiger charge is -2.39. The SMILES string of the molecule is CCC1(CC)c2cc(C(F)(F)F)ccc2-c2c1c1c(c3cc(OC)ccc23)OC(c2ccccc2)(c2ccc(CCC3CCOCC3)cc2)C=C1. The molecule has 0 saturated carbocycles. The Hall–Kier alpha value is -4.55. The van der Waals surface area contributed by atoms with Crippen LogP contribution in [0.2, 0.25) is 0 Å². The number of benzene rings is 5. The second-order valence-electron chi connectivity index (χ2n) is 14.3. The van der Waals surface area contributed by atoms with Gasteiger partial charge in [0.05, 0.1) is 12.7 Å². The molecule has 1 unspecified atom stereocenters. The summed E-state index contributed by atoms with van der Waals surface area (Å²) in [6, 6.07) is 29.3. The fraction of sp³-hybridized carbons (Fsp3) is 0.333. The fourth-order valence-electron chi connectivity index (χ4n) is 8.97. The Morgan fingerprint density at radius 1 is 0.824 bits per heavy atom. The van der Waals surface area contributed by atoms with Crippen LogP contribution < -0.4 is 9.47 Å². The van der Waals surface area contributed by atoms with E-state index in [9.17, 15) is 13.2 Å². The van der Waals surface area contributed by atoms with Crippen LogP contribution in [0.3, 0.4) is 0 Å². The van der Waals surface area contributed by atoms with Crippen LogP contribution in [0.1, 0.15) is 84.9 Å². The minimum atomic E-state index is -4.44. The van der Waals surface area contributed by atoms with Crippen molar-refractivity contribution in [2.45, 2.75) is 69.6 Å². The lowest BCUT2D eigenvalue weighted by molar-refractivity contribution is -0.137. The molecule has 1 saturated heterocycles. The highest BCUT2D eigenvalue weighted by molar-refractivity contribution is 6.09. The Morgan fingerprint density at radius 3 is 2.24 bits per heavy atom. The van der Waals surface area contributed by atoms with Crippen LogP contribution in [0.5, 0.6) is 11.5 Å². The van der Waals surface area contributed by atoms with Gasteiger partial charge in [-0.3, -0.25) is 0 Å². The van der Waals surface area contributed by atoms with Crippen molar-refractivity contribution in [2.24, 2.45) is 5.92 Å². The second kappa shape index (κ2) is 12.9. The van der Waals surface area contributed by atoms with E-state index in [1.165, 1.54) is 17.7 Å². The van der Waals surface area contributed by atoms with E-state index in [2.05, 4.69) is 62.4 Å². The van der Waals surface area contributed by atoms with Crippen LogP contribution in [0.15, 0.2) is 97.1 Å². The van der Waals surface area contributed by atoms with Crippen molar-refractivity contribution in [1.82, 2.24) is 0 Å². The summed E-state index contributed by atoms with van der Waals surface area (Å²) in [5, 5.41) is 1.81. The molecule has 1 fully saturated rings. The molecule has 3 nitrogen and oxygen atoms in total. The highest BCUT2D eigenvalue weighted by Crippen LogP contribution is 2.61. The zero-order valence-electron chi connectivity index (χ0n) is 29.4. The maximum atomic E-state index is 14.2. The van der Waals surface area contributed by atoms with E-state index in [0.717, 1.165) is 88.6 Å². The first-order valence-corrected chi connectivity index (χ1v) is 18.2. The monoisotopic (exact) mass is 688 g/mol. The molecule has 8 rings (SSSR count). The van der Waals surface area contributed by atoms with Crippen molar-refractivity contribution in [3.05, 3.63) is 136 Å². The molecule has 0 N–H and O–H groups in total. The van der Waals surface area contributed by atoms with Crippen molar-refractivity contribution in [2.75, 3.05) is 20.3 Å². The van der Waals surface area contributed by atoms with Crippen LogP contribution in [0.4, 0.5) is 13.2 Å². The third-order valence-electron chi connectivity index (χ3n) is 11.8. The predicted octanol–water partition coefficient (Wildman–Crippen LogP) is 11.7. The molecule has 2 aliphatic heterocycles. The number of rotatable bonds is 8.